The second kappa shape index (κ2) is 7.56. The van der Waals surface area contributed by atoms with E-state index in [0.717, 1.165) is 17.0 Å². The zero-order valence-electron chi connectivity index (χ0n) is 11.8. The first kappa shape index (κ1) is 15.2. The minimum Gasteiger partial charge on any atom is -0.468 e. The fourth-order valence-corrected chi connectivity index (χ4v) is 2.22. The van der Waals surface area contributed by atoms with Crippen molar-refractivity contribution in [2.75, 3.05) is 19.2 Å². The molecule has 2 aromatic rings. The predicted octanol–water partition coefficient (Wildman–Crippen LogP) is 3.09. The number of nitrogens with zero attached hydrogens (tertiary/aromatic N) is 1. The summed E-state index contributed by atoms with van der Waals surface area (Å²) >= 11 is 1.40. The lowest BCUT2D eigenvalue weighted by molar-refractivity contribution is -0.111. The smallest absolute Gasteiger partial charge is 0.250 e. The minimum absolute atomic E-state index is 0.205. The third kappa shape index (κ3) is 5.02. The number of methoxy groups -OCH3 is 1. The van der Waals surface area contributed by atoms with Crippen LogP contribution < -0.4 is 10.1 Å². The number of ether oxygens (including phenoxy) is 2. The van der Waals surface area contributed by atoms with Gasteiger partial charge in [-0.05, 0) is 30.7 Å². The summed E-state index contributed by atoms with van der Waals surface area (Å²) in [6.07, 6.45) is 3.21. The molecule has 6 heteroatoms. The fourth-order valence-electron chi connectivity index (χ4n) is 1.53. The molecule has 0 aliphatic heterocycles. The molecule has 1 aromatic carbocycles. The number of amides is 1. The molecule has 5 nitrogen and oxygen atoms in total. The summed E-state index contributed by atoms with van der Waals surface area (Å²) in [7, 11) is 1.57. The van der Waals surface area contributed by atoms with E-state index >= 15 is 0 Å². The van der Waals surface area contributed by atoms with Crippen molar-refractivity contribution in [1.82, 2.24) is 4.98 Å². The highest BCUT2D eigenvalue weighted by Crippen LogP contribution is 2.15. The number of benzene rings is 1. The molecule has 0 unspecified atom stereocenters. The second-order valence-corrected chi connectivity index (χ2v) is 5.09. The molecule has 1 amide bonds. The Morgan fingerprint density at radius 3 is 2.76 bits per heavy atom. The van der Waals surface area contributed by atoms with Gasteiger partial charge in [-0.15, -0.1) is 11.3 Å². The van der Waals surface area contributed by atoms with Crippen molar-refractivity contribution in [3.05, 3.63) is 47.0 Å². The van der Waals surface area contributed by atoms with Crippen molar-refractivity contribution in [3.63, 3.8) is 0 Å². The van der Waals surface area contributed by atoms with Gasteiger partial charge < -0.3 is 9.47 Å². The molecule has 0 spiro atoms. The van der Waals surface area contributed by atoms with Gasteiger partial charge >= 0.3 is 0 Å². The van der Waals surface area contributed by atoms with Crippen molar-refractivity contribution in [3.8, 4) is 5.75 Å². The molecule has 0 bridgehead atoms. The Bertz CT molecular complexity index is 620. The summed E-state index contributed by atoms with van der Waals surface area (Å²) in [5.41, 5.74) is 1.80. The molecule has 0 atom stereocenters. The van der Waals surface area contributed by atoms with Crippen LogP contribution >= 0.6 is 11.3 Å². The molecule has 0 saturated heterocycles. The van der Waals surface area contributed by atoms with Crippen LogP contribution in [0.1, 0.15) is 11.3 Å². The Kier molecular flexibility index (Phi) is 5.48. The van der Waals surface area contributed by atoms with E-state index in [1.54, 1.807) is 13.2 Å². The molecule has 0 saturated carbocycles. The number of aryl methyl sites for hydroxylation is 1. The standard InChI is InChI=1S/C15H16N2O3S/c1-11-9-21-15(16-11)17-14(18)8-5-12-3-6-13(7-4-12)20-10-19-2/h3-9H,10H2,1-2H3,(H,16,17,18)/b8-5+. The summed E-state index contributed by atoms with van der Waals surface area (Å²) in [6, 6.07) is 7.37. The van der Waals surface area contributed by atoms with E-state index < -0.39 is 0 Å². The maximum absolute atomic E-state index is 11.7. The van der Waals surface area contributed by atoms with E-state index in [0.29, 0.717) is 5.13 Å². The fraction of sp³-hybridized carbons (Fsp3) is 0.200. The van der Waals surface area contributed by atoms with Crippen LogP contribution in [0.3, 0.4) is 0 Å². The highest BCUT2D eigenvalue weighted by Gasteiger charge is 2.01. The van der Waals surface area contributed by atoms with Gasteiger partial charge in [0.05, 0.1) is 5.69 Å². The summed E-state index contributed by atoms with van der Waals surface area (Å²) < 4.78 is 10.1. The van der Waals surface area contributed by atoms with Crippen molar-refractivity contribution in [1.29, 1.82) is 0 Å². The van der Waals surface area contributed by atoms with Gasteiger partial charge in [-0.1, -0.05) is 12.1 Å². The Labute approximate surface area is 127 Å². The van der Waals surface area contributed by atoms with Gasteiger partial charge in [-0.25, -0.2) is 4.98 Å². The molecular weight excluding hydrogens is 288 g/mol. The molecular formula is C15H16N2O3S. The molecule has 0 radical (unpaired) electrons. The van der Waals surface area contributed by atoms with Gasteiger partial charge in [-0.2, -0.15) is 0 Å². The number of hydrogen-bond acceptors (Lipinski definition) is 5. The van der Waals surface area contributed by atoms with E-state index in [1.807, 2.05) is 36.6 Å². The lowest BCUT2D eigenvalue weighted by Gasteiger charge is -2.04. The maximum atomic E-state index is 11.7. The Hall–Kier alpha value is -2.18. The number of aromatic nitrogens is 1. The molecule has 0 fully saturated rings. The predicted molar refractivity (Wildman–Crippen MR) is 83.5 cm³/mol. The normalized spacial score (nSPS) is 10.8. The van der Waals surface area contributed by atoms with E-state index in [1.165, 1.54) is 17.4 Å². The van der Waals surface area contributed by atoms with Gasteiger partial charge in [0, 0.05) is 18.6 Å². The molecule has 110 valence electrons. The third-order valence-electron chi connectivity index (χ3n) is 2.50. The summed E-state index contributed by atoms with van der Waals surface area (Å²) in [6.45, 7) is 2.10. The van der Waals surface area contributed by atoms with E-state index in [-0.39, 0.29) is 12.7 Å². The highest BCUT2D eigenvalue weighted by atomic mass is 32.1. The van der Waals surface area contributed by atoms with E-state index in [4.69, 9.17) is 9.47 Å². The van der Waals surface area contributed by atoms with Crippen LogP contribution in [0, 0.1) is 6.92 Å². The Balaban J connectivity index is 1.89. The largest absolute Gasteiger partial charge is 0.468 e. The van der Waals surface area contributed by atoms with Crippen LogP contribution in [0.4, 0.5) is 5.13 Å². The van der Waals surface area contributed by atoms with Crippen molar-refractivity contribution in [2.45, 2.75) is 6.92 Å². The lowest BCUT2D eigenvalue weighted by atomic mass is 10.2. The average Bonchev–Trinajstić information content (AvgIpc) is 2.89. The maximum Gasteiger partial charge on any atom is 0.250 e. The van der Waals surface area contributed by atoms with Crippen LogP contribution in [-0.4, -0.2) is 24.8 Å². The summed E-state index contributed by atoms with van der Waals surface area (Å²) in [5.74, 6) is 0.515. The molecule has 1 N–H and O–H groups in total. The second-order valence-electron chi connectivity index (χ2n) is 4.24. The van der Waals surface area contributed by atoms with Gasteiger partial charge in [0.2, 0.25) is 5.91 Å². The number of rotatable bonds is 6. The van der Waals surface area contributed by atoms with E-state index in [9.17, 15) is 4.79 Å². The highest BCUT2D eigenvalue weighted by molar-refractivity contribution is 7.13. The number of thiazole rings is 1. The minimum atomic E-state index is -0.205. The zero-order chi connectivity index (χ0) is 15.1. The zero-order valence-corrected chi connectivity index (χ0v) is 12.6. The van der Waals surface area contributed by atoms with Crippen molar-refractivity contribution >= 4 is 28.5 Å². The Morgan fingerprint density at radius 1 is 1.38 bits per heavy atom. The van der Waals surface area contributed by atoms with E-state index in [2.05, 4.69) is 10.3 Å². The first-order valence-corrected chi connectivity index (χ1v) is 7.18. The summed E-state index contributed by atoms with van der Waals surface area (Å²) in [5, 5.41) is 5.20. The number of nitrogens with one attached hydrogen (secondary N) is 1. The number of anilines is 1. The Morgan fingerprint density at radius 2 is 2.14 bits per heavy atom. The molecule has 2 rings (SSSR count). The molecule has 21 heavy (non-hydrogen) atoms. The van der Waals surface area contributed by atoms with Crippen LogP contribution in [0.2, 0.25) is 0 Å². The lowest BCUT2D eigenvalue weighted by Crippen LogP contribution is -2.07. The van der Waals surface area contributed by atoms with Gasteiger partial charge in [0.1, 0.15) is 5.75 Å². The summed E-state index contributed by atoms with van der Waals surface area (Å²) in [4.78, 5) is 15.9. The molecule has 0 aliphatic carbocycles. The number of hydrogen-bond donors (Lipinski definition) is 1. The van der Waals surface area contributed by atoms with Crippen LogP contribution in [0.15, 0.2) is 35.7 Å². The van der Waals surface area contributed by atoms with Crippen LogP contribution in [0.5, 0.6) is 5.75 Å². The topological polar surface area (TPSA) is 60.5 Å². The van der Waals surface area contributed by atoms with Gasteiger partial charge in [-0.3, -0.25) is 10.1 Å². The SMILES string of the molecule is COCOc1ccc(/C=C/C(=O)Nc2nc(C)cs2)cc1. The van der Waals surface area contributed by atoms with Crippen molar-refractivity contribution < 1.29 is 14.3 Å². The molecule has 1 aromatic heterocycles. The molecule has 0 aliphatic rings. The first-order valence-electron chi connectivity index (χ1n) is 6.30. The molecule has 1 heterocycles. The number of carbonyl (C=O) groups excluding carboxylic acids is 1. The van der Waals surface area contributed by atoms with Gasteiger partial charge in [0.25, 0.3) is 0 Å². The van der Waals surface area contributed by atoms with Crippen LogP contribution in [-0.2, 0) is 9.53 Å². The monoisotopic (exact) mass is 304 g/mol. The first-order chi connectivity index (χ1) is 10.2. The quantitative estimate of drug-likeness (QED) is 0.658. The average molecular weight is 304 g/mol. The number of carbonyl (C=O) groups is 1. The van der Waals surface area contributed by atoms with Gasteiger partial charge in [0.15, 0.2) is 11.9 Å². The third-order valence-corrected chi connectivity index (χ3v) is 3.38. The van der Waals surface area contributed by atoms with Crippen LogP contribution in [0.25, 0.3) is 6.08 Å². The van der Waals surface area contributed by atoms with Crippen molar-refractivity contribution in [2.24, 2.45) is 0 Å².